The lowest BCUT2D eigenvalue weighted by molar-refractivity contribution is -0.297. The highest BCUT2D eigenvalue weighted by atomic mass is 16.4. The summed E-state index contributed by atoms with van der Waals surface area (Å²) in [5.74, 6) is -2.80. The molecule has 0 rings (SSSR count). The average molecular weight is 185 g/mol. The summed E-state index contributed by atoms with van der Waals surface area (Å²) in [4.78, 5) is 19.0. The van der Waals surface area contributed by atoms with Crippen LogP contribution in [0.5, 0.6) is 0 Å². The van der Waals surface area contributed by atoms with Gasteiger partial charge in [0.05, 0.1) is 12.2 Å². The van der Waals surface area contributed by atoms with Crippen molar-refractivity contribution in [2.45, 2.75) is 0 Å². The van der Waals surface area contributed by atoms with Crippen LogP contribution in [0.4, 0.5) is 0 Å². The van der Waals surface area contributed by atoms with Crippen LogP contribution >= 0.6 is 0 Å². The lowest BCUT2D eigenvalue weighted by Gasteiger charge is -1.85. The van der Waals surface area contributed by atoms with Gasteiger partial charge in [-0.15, -0.1) is 0 Å². The van der Waals surface area contributed by atoms with Crippen molar-refractivity contribution in [3.8, 4) is 0 Å². The minimum atomic E-state index is -1.51. The van der Waals surface area contributed by atoms with E-state index in [4.69, 9.17) is 5.11 Å². The minimum absolute atomic E-state index is 0.447. The van der Waals surface area contributed by atoms with E-state index in [9.17, 15) is 14.7 Å². The van der Waals surface area contributed by atoms with E-state index in [2.05, 4.69) is 12.3 Å². The first-order valence-corrected chi connectivity index (χ1v) is 3.23. The Morgan fingerprint density at radius 2 is 1.92 bits per heavy atom. The molecule has 0 aliphatic heterocycles. The summed E-state index contributed by atoms with van der Waals surface area (Å²) in [5, 5.41) is 17.2. The smallest absolute Gasteiger partial charge is 0.328 e. The number of aliphatic carboxylic acids is 2. The van der Waals surface area contributed by atoms with E-state index in [0.29, 0.717) is 12.2 Å². The quantitative estimate of drug-likeness (QED) is 0.404. The Morgan fingerprint density at radius 1 is 1.38 bits per heavy atom. The van der Waals surface area contributed by atoms with Crippen LogP contribution < -0.4 is 10.8 Å². The summed E-state index contributed by atoms with van der Waals surface area (Å²) in [6.45, 7) is 3.42. The lowest BCUT2D eigenvalue weighted by atomic mass is 10.5. The summed E-state index contributed by atoms with van der Waals surface area (Å²) < 4.78 is 0. The van der Waals surface area contributed by atoms with Crippen molar-refractivity contribution >= 4 is 11.9 Å². The molecule has 0 saturated carbocycles. The molecule has 0 saturated heterocycles. The first-order chi connectivity index (χ1) is 6.04. The monoisotopic (exact) mass is 185 g/mol. The van der Waals surface area contributed by atoms with Gasteiger partial charge in [0.1, 0.15) is 0 Å². The molecule has 4 N–H and O–H groups in total. The standard InChI is InChI=1S/C4H7N.C4H4O4/c1-2-3-4-5;5-3(6)1-2-4(7)8/h2-4H,1,5H2;1-2H,(H,5,6)(H,7,8)/b4-3+;2-1-. The van der Waals surface area contributed by atoms with E-state index in [1.54, 1.807) is 18.4 Å². The van der Waals surface area contributed by atoms with E-state index in [1.807, 2.05) is 0 Å². The molecule has 0 aromatic rings. The van der Waals surface area contributed by atoms with Crippen LogP contribution in [0, 0.1) is 0 Å². The largest absolute Gasteiger partial charge is 0.545 e. The Hall–Kier alpha value is -1.88. The maximum atomic E-state index is 9.53. The number of carbonyl (C=O) groups excluding carboxylic acids is 1. The zero-order chi connectivity index (χ0) is 10.7. The Labute approximate surface area is 75.5 Å². The number of allylic oxidation sites excluding steroid dienone is 2. The molecule has 0 aliphatic carbocycles. The molecular formula is C8H11NO4. The van der Waals surface area contributed by atoms with Gasteiger partial charge in [-0.05, 0) is 12.2 Å². The number of hydrogen-bond donors (Lipinski definition) is 2. The first-order valence-electron chi connectivity index (χ1n) is 3.23. The topological polar surface area (TPSA) is 105 Å². The average Bonchev–Trinajstić information content (AvgIpc) is 2.03. The highest BCUT2D eigenvalue weighted by Crippen LogP contribution is 1.67. The molecule has 0 bridgehead atoms. The van der Waals surface area contributed by atoms with Crippen LogP contribution in [-0.2, 0) is 9.59 Å². The normalized spacial score (nSPS) is 9.31. The van der Waals surface area contributed by atoms with Crippen LogP contribution in [-0.4, -0.2) is 17.0 Å². The third-order valence-corrected chi connectivity index (χ3v) is 0.634. The van der Waals surface area contributed by atoms with Gasteiger partial charge in [0.15, 0.2) is 0 Å². The third kappa shape index (κ3) is 25.5. The fourth-order valence-electron chi connectivity index (χ4n) is 0.236. The van der Waals surface area contributed by atoms with Gasteiger partial charge in [0.25, 0.3) is 0 Å². The van der Waals surface area contributed by atoms with Crippen LogP contribution in [0.25, 0.3) is 0 Å². The molecule has 0 aliphatic rings. The molecule has 0 atom stereocenters. The molecule has 0 fully saturated rings. The maximum absolute atomic E-state index is 9.53. The summed E-state index contributed by atoms with van der Waals surface area (Å²) >= 11 is 0. The van der Waals surface area contributed by atoms with E-state index >= 15 is 0 Å². The number of carboxylic acids is 2. The Morgan fingerprint density at radius 3 is 2.00 bits per heavy atom. The SMILES string of the molecule is C=C/C=C/[NH3+].O=C([O-])/C=C\C(=O)O. The zero-order valence-corrected chi connectivity index (χ0v) is 6.97. The first kappa shape index (κ1) is 13.7. The van der Waals surface area contributed by atoms with Gasteiger partial charge in [-0.2, -0.15) is 0 Å². The van der Waals surface area contributed by atoms with Gasteiger partial charge >= 0.3 is 5.97 Å². The highest BCUT2D eigenvalue weighted by molar-refractivity contribution is 5.88. The van der Waals surface area contributed by atoms with Gasteiger partial charge < -0.3 is 20.7 Å². The van der Waals surface area contributed by atoms with Crippen LogP contribution in [0.3, 0.4) is 0 Å². The molecule has 5 heteroatoms. The van der Waals surface area contributed by atoms with Gasteiger partial charge in [-0.3, -0.25) is 0 Å². The molecule has 0 spiro atoms. The van der Waals surface area contributed by atoms with Crippen molar-refractivity contribution in [3.05, 3.63) is 37.1 Å². The second kappa shape index (κ2) is 10.1. The molecule has 0 radical (unpaired) electrons. The summed E-state index contributed by atoms with van der Waals surface area (Å²) in [5.41, 5.74) is 3.42. The van der Waals surface area contributed by atoms with Crippen molar-refractivity contribution in [3.63, 3.8) is 0 Å². The van der Waals surface area contributed by atoms with Crippen molar-refractivity contribution in [2.24, 2.45) is 0 Å². The van der Waals surface area contributed by atoms with E-state index < -0.39 is 11.9 Å². The Kier molecular flexibility index (Phi) is 10.7. The fourth-order valence-corrected chi connectivity index (χ4v) is 0.236. The molecular weight excluding hydrogens is 174 g/mol. The molecule has 0 unspecified atom stereocenters. The minimum Gasteiger partial charge on any atom is -0.545 e. The van der Waals surface area contributed by atoms with Crippen molar-refractivity contribution in [1.29, 1.82) is 0 Å². The van der Waals surface area contributed by atoms with Crippen molar-refractivity contribution < 1.29 is 25.5 Å². The highest BCUT2D eigenvalue weighted by Gasteiger charge is 1.81. The summed E-state index contributed by atoms with van der Waals surface area (Å²) in [6, 6.07) is 0. The molecule has 72 valence electrons. The van der Waals surface area contributed by atoms with Crippen molar-refractivity contribution in [1.82, 2.24) is 0 Å². The third-order valence-electron chi connectivity index (χ3n) is 0.634. The number of hydrogen-bond acceptors (Lipinski definition) is 3. The van der Waals surface area contributed by atoms with E-state index in [0.717, 1.165) is 0 Å². The Balaban J connectivity index is 0. The lowest BCUT2D eigenvalue weighted by Crippen LogP contribution is -2.38. The van der Waals surface area contributed by atoms with Crippen LogP contribution in [0.1, 0.15) is 0 Å². The number of rotatable bonds is 3. The second-order valence-corrected chi connectivity index (χ2v) is 1.65. The maximum Gasteiger partial charge on any atom is 0.328 e. The Bertz CT molecular complexity index is 214. The van der Waals surface area contributed by atoms with Gasteiger partial charge in [-0.1, -0.05) is 12.7 Å². The number of quaternary nitrogens is 1. The van der Waals surface area contributed by atoms with Gasteiger partial charge in [0, 0.05) is 6.08 Å². The van der Waals surface area contributed by atoms with Gasteiger partial charge in [-0.25, -0.2) is 4.79 Å². The molecule has 0 aromatic heterocycles. The van der Waals surface area contributed by atoms with Gasteiger partial charge in [0.2, 0.25) is 0 Å². The van der Waals surface area contributed by atoms with E-state index in [1.165, 1.54) is 0 Å². The number of carboxylic acid groups (broad SMARTS) is 2. The molecule has 0 heterocycles. The molecule has 0 amide bonds. The zero-order valence-electron chi connectivity index (χ0n) is 6.97. The summed E-state index contributed by atoms with van der Waals surface area (Å²) in [6.07, 6.45) is 6.09. The molecule has 13 heavy (non-hydrogen) atoms. The summed E-state index contributed by atoms with van der Waals surface area (Å²) in [7, 11) is 0. The van der Waals surface area contributed by atoms with Crippen LogP contribution in [0.15, 0.2) is 37.1 Å². The predicted octanol–water partition coefficient (Wildman–Crippen LogP) is -1.69. The van der Waals surface area contributed by atoms with Crippen molar-refractivity contribution in [2.75, 3.05) is 0 Å². The molecule has 0 aromatic carbocycles. The van der Waals surface area contributed by atoms with E-state index in [-0.39, 0.29) is 0 Å². The number of carbonyl (C=O) groups is 2. The molecule has 5 nitrogen and oxygen atoms in total. The fraction of sp³-hybridized carbons (Fsp3) is 0. The second-order valence-electron chi connectivity index (χ2n) is 1.65. The van der Waals surface area contributed by atoms with Crippen LogP contribution in [0.2, 0.25) is 0 Å². The predicted molar refractivity (Wildman–Crippen MR) is 44.0 cm³/mol.